The number of carbonyl (C=O) groups is 3. The van der Waals surface area contributed by atoms with Gasteiger partial charge in [-0.25, -0.2) is 13.6 Å². The van der Waals surface area contributed by atoms with Crippen molar-refractivity contribution in [2.75, 3.05) is 16.0 Å². The molecule has 11 nitrogen and oxygen atoms in total. The summed E-state index contributed by atoms with van der Waals surface area (Å²) in [6.07, 6.45) is -32.6. The number of benzene rings is 6. The van der Waals surface area contributed by atoms with Gasteiger partial charge in [0.05, 0.1) is 50.1 Å². The van der Waals surface area contributed by atoms with Crippen molar-refractivity contribution in [3.8, 4) is 17.2 Å². The van der Waals surface area contributed by atoms with Crippen LogP contribution in [0.15, 0.2) is 109 Å². The number of nitrogens with one attached hydrogen (secondary N) is 3. The third-order valence-electron chi connectivity index (χ3n) is 9.74. The van der Waals surface area contributed by atoms with Gasteiger partial charge < -0.3 is 21.4 Å². The van der Waals surface area contributed by atoms with E-state index in [9.17, 15) is 98.3 Å². The maximum atomic E-state index is 13.8. The second kappa shape index (κ2) is 22.4. The van der Waals surface area contributed by atoms with E-state index < -0.39 is 162 Å². The number of rotatable bonds is 12. The van der Waals surface area contributed by atoms with Gasteiger partial charge >= 0.3 is 45.2 Å². The summed E-state index contributed by atoms with van der Waals surface area (Å²) in [5.41, 5.74) is -18.1. The van der Waals surface area contributed by atoms with Crippen molar-refractivity contribution < 1.29 is 117 Å². The molecule has 0 aromatic heterocycles. The Balaban J connectivity index is 0.0000112. The fraction of sp³-hybridized carbons (Fsp3) is 0.133. The minimum Gasteiger partial charge on any atom is -0.412 e. The average Bonchev–Trinajstić information content (AvgIpc) is 3.28. The van der Waals surface area contributed by atoms with Crippen LogP contribution in [-0.2, 0) is 37.1 Å². The molecule has 6 N–H and O–H groups in total. The highest BCUT2D eigenvalue weighted by Gasteiger charge is 2.53. The number of carbonyl (C=O) groups excluding carboxylic acids is 3. The van der Waals surface area contributed by atoms with Crippen LogP contribution < -0.4 is 29.5 Å². The lowest BCUT2D eigenvalue weighted by molar-refractivity contribution is -0.144. The largest absolute Gasteiger partial charge is 0.714 e. The SMILES string of the molecule is O.O=C(Nc1cc(C(F)(F)F)cc(C(F)(F)F)c1)c1cc(Cl)ccc1O[P+](O)(Oc1ccc(Cl)cc1C(=O)Nc1cc(C(F)(F)F)cc(C(F)(F)F)c1)Oc1ccc(Cl)cc1C(=O)Nc1cc(C(F)(F)F)cc(C(F)(F)F)c1. The normalized spacial score (nSPS) is 12.5. The first-order valence-electron chi connectivity index (χ1n) is 20.1. The summed E-state index contributed by atoms with van der Waals surface area (Å²) >= 11 is 18.2. The van der Waals surface area contributed by atoms with Gasteiger partial charge in [-0.3, -0.25) is 14.4 Å². The Kier molecular flexibility index (Phi) is 17.8. The summed E-state index contributed by atoms with van der Waals surface area (Å²) in [6, 6.07) is 6.03. The molecular weight excluding hydrogens is 1190 g/mol. The van der Waals surface area contributed by atoms with Crippen LogP contribution in [0.1, 0.15) is 64.5 Å². The molecule has 3 amide bonds. The number of halogens is 21. The first-order chi connectivity index (χ1) is 35.2. The topological polar surface area (TPSA) is 167 Å². The summed E-state index contributed by atoms with van der Waals surface area (Å²) in [4.78, 5) is 53.7. The maximum absolute atomic E-state index is 13.8. The third-order valence-corrected chi connectivity index (χ3v) is 11.7. The summed E-state index contributed by atoms with van der Waals surface area (Å²) in [5.74, 6) is -8.26. The van der Waals surface area contributed by atoms with Crippen molar-refractivity contribution >= 4 is 77.8 Å². The van der Waals surface area contributed by atoms with Crippen molar-refractivity contribution in [1.82, 2.24) is 0 Å². The van der Waals surface area contributed by atoms with E-state index in [4.69, 9.17) is 48.4 Å². The minimum atomic E-state index is -5.87. The summed E-state index contributed by atoms with van der Waals surface area (Å²) in [5, 5.41) is 3.89. The molecule has 0 saturated carbocycles. The highest BCUT2D eigenvalue weighted by Crippen LogP contribution is 2.59. The van der Waals surface area contributed by atoms with Gasteiger partial charge in [-0.15, -0.1) is 4.89 Å². The number of anilines is 3. The zero-order valence-electron chi connectivity index (χ0n) is 37.2. The van der Waals surface area contributed by atoms with Gasteiger partial charge in [-0.05, 0) is 109 Å². The fourth-order valence-corrected chi connectivity index (χ4v) is 8.23. The van der Waals surface area contributed by atoms with E-state index >= 15 is 0 Å². The minimum absolute atomic E-state index is 0. The second-order valence-corrected chi connectivity index (χ2v) is 18.2. The predicted octanol–water partition coefficient (Wildman–Crippen LogP) is 15.9. The molecule has 0 bridgehead atoms. The molecule has 418 valence electrons. The molecule has 0 aliphatic carbocycles. The molecule has 78 heavy (non-hydrogen) atoms. The van der Waals surface area contributed by atoms with Crippen LogP contribution in [0.25, 0.3) is 0 Å². The van der Waals surface area contributed by atoms with Gasteiger partial charge in [0.15, 0.2) is 17.2 Å². The maximum Gasteiger partial charge on any atom is 0.714 e. The van der Waals surface area contributed by atoms with E-state index in [1.165, 1.54) is 0 Å². The van der Waals surface area contributed by atoms with Crippen LogP contribution >= 0.6 is 43.0 Å². The smallest absolute Gasteiger partial charge is 0.412 e. The first-order valence-corrected chi connectivity index (χ1v) is 22.7. The van der Waals surface area contributed by atoms with Crippen molar-refractivity contribution in [2.24, 2.45) is 0 Å². The zero-order chi connectivity index (χ0) is 57.6. The molecule has 0 aliphatic heterocycles. The Labute approximate surface area is 438 Å². The predicted molar refractivity (Wildman–Crippen MR) is 242 cm³/mol. The Morgan fingerprint density at radius 2 is 0.551 bits per heavy atom. The van der Waals surface area contributed by atoms with E-state index in [2.05, 4.69) is 0 Å². The highest BCUT2D eigenvalue weighted by molar-refractivity contribution is 7.56. The molecule has 0 saturated heterocycles. The number of amides is 3. The average molecular weight is 1210 g/mol. The Hall–Kier alpha value is -6.91. The molecule has 0 aliphatic rings. The van der Waals surface area contributed by atoms with Gasteiger partial charge in [0, 0.05) is 32.1 Å². The van der Waals surface area contributed by atoms with E-state index in [0.717, 1.165) is 18.2 Å². The van der Waals surface area contributed by atoms with E-state index in [0.29, 0.717) is 36.4 Å². The molecule has 6 aromatic rings. The third kappa shape index (κ3) is 15.6. The summed E-state index contributed by atoms with van der Waals surface area (Å²) in [6.45, 7) is 0. The fourth-order valence-electron chi connectivity index (χ4n) is 6.38. The molecule has 0 radical (unpaired) electrons. The number of hydrogen-bond donors (Lipinski definition) is 4. The van der Waals surface area contributed by atoms with E-state index in [1.807, 2.05) is 0 Å². The lowest BCUT2D eigenvalue weighted by Gasteiger charge is -2.20. The zero-order valence-corrected chi connectivity index (χ0v) is 40.3. The van der Waals surface area contributed by atoms with Crippen molar-refractivity contribution in [1.29, 1.82) is 0 Å². The highest BCUT2D eigenvalue weighted by atomic mass is 35.5. The van der Waals surface area contributed by atoms with Gasteiger partial charge in [0.25, 0.3) is 17.7 Å². The van der Waals surface area contributed by atoms with E-state index in [1.54, 1.807) is 16.0 Å². The monoisotopic (exact) mass is 1210 g/mol. The summed E-state index contributed by atoms with van der Waals surface area (Å²) in [7, 11) is -5.87. The lowest BCUT2D eigenvalue weighted by Crippen LogP contribution is -2.22. The quantitative estimate of drug-likeness (QED) is 0.0699. The Bertz CT molecular complexity index is 2840. The van der Waals surface area contributed by atoms with Crippen LogP contribution in [0.4, 0.5) is 96.1 Å². The molecule has 0 heterocycles. The van der Waals surface area contributed by atoms with Crippen LogP contribution in [0.5, 0.6) is 17.2 Å². The van der Waals surface area contributed by atoms with Gasteiger partial charge in [-0.1, -0.05) is 34.8 Å². The van der Waals surface area contributed by atoms with Crippen LogP contribution in [-0.4, -0.2) is 28.1 Å². The molecule has 6 aromatic carbocycles. The first kappa shape index (κ1) is 61.9. The van der Waals surface area contributed by atoms with Crippen LogP contribution in [0.3, 0.4) is 0 Å². The van der Waals surface area contributed by atoms with Gasteiger partial charge in [0.1, 0.15) is 0 Å². The number of alkyl halides is 18. The lowest BCUT2D eigenvalue weighted by atomic mass is 10.1. The Morgan fingerprint density at radius 1 is 0.359 bits per heavy atom. The van der Waals surface area contributed by atoms with Gasteiger partial charge in [-0.2, -0.15) is 79.0 Å². The van der Waals surface area contributed by atoms with Crippen molar-refractivity contribution in [3.63, 3.8) is 0 Å². The van der Waals surface area contributed by atoms with Crippen LogP contribution in [0.2, 0.25) is 15.1 Å². The molecule has 0 unspecified atom stereocenters. The standard InChI is InChI=1S/C45H21Cl3F18N3O7P.H2O/c46-25-1-4-34(31(16-25)37(70)67-28-10-19(40(49,50)51)7-20(11-28)41(52,53)54)74-77(73,75-35-5-2-26(47)17-32(35)38(71)68-29-12-21(42(55,56)57)8-22(13-29)43(58,59)60)76-36-6-3-27(48)18-33(36)39(72)69-30-14-23(44(61,62)63)9-24(15-30)45(64,65)66;/h1-18,73H,(H2-,67,68,69,70,71,72);1H2/p+1. The van der Waals surface area contributed by atoms with E-state index in [-0.39, 0.29) is 60.1 Å². The van der Waals surface area contributed by atoms with Gasteiger partial charge in [0.2, 0.25) is 0 Å². The number of hydrogen-bond acceptors (Lipinski definition) is 7. The Morgan fingerprint density at radius 3 is 0.731 bits per heavy atom. The molecule has 33 heteroatoms. The molecule has 6 rings (SSSR count). The molecule has 0 spiro atoms. The second-order valence-electron chi connectivity index (χ2n) is 15.4. The molecule has 0 atom stereocenters. The summed E-state index contributed by atoms with van der Waals surface area (Å²) < 4.78 is 264. The molecular formula is C45H24Cl3F18N3O8P+. The van der Waals surface area contributed by atoms with Crippen LogP contribution in [0, 0.1) is 0 Å². The molecule has 0 fully saturated rings. The van der Waals surface area contributed by atoms with Crippen molar-refractivity contribution in [3.05, 3.63) is 174 Å². The van der Waals surface area contributed by atoms with Crippen molar-refractivity contribution in [2.45, 2.75) is 37.1 Å².